The largest absolute Gasteiger partial charge is 0.496 e. The van der Waals surface area contributed by atoms with Crippen molar-refractivity contribution < 1.29 is 14.3 Å². The number of carbonyl (C=O) groups is 1. The van der Waals surface area contributed by atoms with Crippen molar-refractivity contribution in [3.8, 4) is 23.6 Å². The van der Waals surface area contributed by atoms with Gasteiger partial charge in [-0.2, -0.15) is 10.5 Å². The molecule has 0 saturated carbocycles. The molecule has 21 heavy (non-hydrogen) atoms. The first-order valence-corrected chi connectivity index (χ1v) is 6.39. The Labute approximate surface area is 123 Å². The number of carbonyl (C=O) groups excluding carboxylic acids is 1. The van der Waals surface area contributed by atoms with Gasteiger partial charge in [0.2, 0.25) is 0 Å². The lowest BCUT2D eigenvalue weighted by atomic mass is 9.85. The number of hydrogen-bond acceptors (Lipinski definition) is 5. The van der Waals surface area contributed by atoms with E-state index in [9.17, 15) is 15.3 Å². The Morgan fingerprint density at radius 1 is 1.19 bits per heavy atom. The molecule has 5 heteroatoms. The highest BCUT2D eigenvalue weighted by molar-refractivity contribution is 6.16. The van der Waals surface area contributed by atoms with Crippen molar-refractivity contribution in [3.05, 3.63) is 34.9 Å². The van der Waals surface area contributed by atoms with Crippen molar-refractivity contribution in [1.29, 1.82) is 10.5 Å². The summed E-state index contributed by atoms with van der Waals surface area (Å²) in [5, 5.41) is 18.4. The standard InChI is InChI=1S/C16H14N2O3/c1-4-10-13(9(7-17)8-18)14-11(20-2)5-6-12(21-3)15(14)16(10)19/h4-6,9,13H,1-3H3/b10-4+. The van der Waals surface area contributed by atoms with Crippen LogP contribution in [0.1, 0.15) is 28.8 Å². The van der Waals surface area contributed by atoms with Crippen LogP contribution in [0.4, 0.5) is 0 Å². The average Bonchev–Trinajstić information content (AvgIpc) is 2.81. The van der Waals surface area contributed by atoms with E-state index in [2.05, 4.69) is 0 Å². The molecule has 0 aromatic heterocycles. The zero-order chi connectivity index (χ0) is 15.6. The van der Waals surface area contributed by atoms with Crippen LogP contribution in [0, 0.1) is 28.6 Å². The lowest BCUT2D eigenvalue weighted by molar-refractivity contribution is 0.103. The van der Waals surface area contributed by atoms with E-state index in [1.54, 1.807) is 25.1 Å². The van der Waals surface area contributed by atoms with Crippen LogP contribution in [0.15, 0.2) is 23.8 Å². The Hall–Kier alpha value is -2.79. The van der Waals surface area contributed by atoms with Crippen LogP contribution in [0.25, 0.3) is 0 Å². The number of nitriles is 2. The summed E-state index contributed by atoms with van der Waals surface area (Å²) < 4.78 is 10.6. The average molecular weight is 282 g/mol. The fraction of sp³-hybridized carbons (Fsp3) is 0.312. The monoisotopic (exact) mass is 282 g/mol. The van der Waals surface area contributed by atoms with Gasteiger partial charge in [0.15, 0.2) is 5.78 Å². The molecule has 0 heterocycles. The van der Waals surface area contributed by atoms with Gasteiger partial charge in [-0.3, -0.25) is 4.79 Å². The maximum Gasteiger partial charge on any atom is 0.193 e. The maximum absolute atomic E-state index is 12.6. The van der Waals surface area contributed by atoms with Crippen molar-refractivity contribution in [2.45, 2.75) is 12.8 Å². The highest BCUT2D eigenvalue weighted by Crippen LogP contribution is 2.49. The molecule has 106 valence electrons. The van der Waals surface area contributed by atoms with Crippen LogP contribution in [0.3, 0.4) is 0 Å². The second-order valence-electron chi connectivity index (χ2n) is 4.55. The van der Waals surface area contributed by atoms with Crippen LogP contribution < -0.4 is 9.47 Å². The number of ketones is 1. The Kier molecular flexibility index (Phi) is 3.95. The van der Waals surface area contributed by atoms with Crippen molar-refractivity contribution >= 4 is 5.78 Å². The van der Waals surface area contributed by atoms with Crippen LogP contribution in [-0.4, -0.2) is 20.0 Å². The molecule has 1 aromatic rings. The molecule has 5 nitrogen and oxygen atoms in total. The van der Waals surface area contributed by atoms with Gasteiger partial charge in [0.25, 0.3) is 0 Å². The fourth-order valence-corrected chi connectivity index (χ4v) is 2.75. The maximum atomic E-state index is 12.6. The van der Waals surface area contributed by atoms with E-state index < -0.39 is 11.8 Å². The molecule has 1 unspecified atom stereocenters. The molecule has 2 rings (SSSR count). The summed E-state index contributed by atoms with van der Waals surface area (Å²) in [6, 6.07) is 7.25. The van der Waals surface area contributed by atoms with Gasteiger partial charge in [-0.1, -0.05) is 6.08 Å². The van der Waals surface area contributed by atoms with Crippen LogP contribution in [0.2, 0.25) is 0 Å². The van der Waals surface area contributed by atoms with Crippen molar-refractivity contribution in [2.75, 3.05) is 14.2 Å². The third-order valence-electron chi connectivity index (χ3n) is 3.66. The minimum Gasteiger partial charge on any atom is -0.496 e. The molecular formula is C16H14N2O3. The van der Waals surface area contributed by atoms with Crippen LogP contribution >= 0.6 is 0 Å². The molecule has 1 aliphatic carbocycles. The summed E-state index contributed by atoms with van der Waals surface area (Å²) in [6.07, 6.45) is 1.65. The van der Waals surface area contributed by atoms with Crippen LogP contribution in [-0.2, 0) is 0 Å². The van der Waals surface area contributed by atoms with E-state index >= 15 is 0 Å². The van der Waals surface area contributed by atoms with E-state index in [0.29, 0.717) is 28.2 Å². The molecule has 1 aliphatic rings. The van der Waals surface area contributed by atoms with Gasteiger partial charge in [-0.05, 0) is 19.1 Å². The zero-order valence-corrected chi connectivity index (χ0v) is 12.0. The van der Waals surface area contributed by atoms with Gasteiger partial charge in [0.1, 0.15) is 17.4 Å². The first-order chi connectivity index (χ1) is 10.1. The molecule has 0 saturated heterocycles. The third kappa shape index (κ3) is 2.04. The Balaban J connectivity index is 2.81. The number of hydrogen-bond donors (Lipinski definition) is 0. The minimum atomic E-state index is -0.956. The molecule has 1 atom stereocenters. The predicted molar refractivity (Wildman–Crippen MR) is 75.1 cm³/mol. The highest BCUT2D eigenvalue weighted by atomic mass is 16.5. The number of ether oxygens (including phenoxy) is 2. The number of nitrogens with zero attached hydrogens (tertiary/aromatic N) is 2. The van der Waals surface area contributed by atoms with Gasteiger partial charge < -0.3 is 9.47 Å². The summed E-state index contributed by atoms with van der Waals surface area (Å²) in [5.74, 6) is -0.882. The molecule has 0 bridgehead atoms. The Morgan fingerprint density at radius 3 is 2.24 bits per heavy atom. The summed E-state index contributed by atoms with van der Waals surface area (Å²) >= 11 is 0. The van der Waals surface area contributed by atoms with Gasteiger partial charge in [-0.25, -0.2) is 0 Å². The van der Waals surface area contributed by atoms with E-state index in [1.165, 1.54) is 14.2 Å². The van der Waals surface area contributed by atoms with Crippen molar-refractivity contribution in [2.24, 2.45) is 5.92 Å². The zero-order valence-electron chi connectivity index (χ0n) is 12.0. The number of allylic oxidation sites excluding steroid dienone is 2. The van der Waals surface area contributed by atoms with Gasteiger partial charge in [-0.15, -0.1) is 0 Å². The van der Waals surface area contributed by atoms with Crippen molar-refractivity contribution in [3.63, 3.8) is 0 Å². The summed E-state index contributed by atoms with van der Waals surface area (Å²) in [5.41, 5.74) is 1.37. The number of benzene rings is 1. The summed E-state index contributed by atoms with van der Waals surface area (Å²) in [6.45, 7) is 1.72. The van der Waals surface area contributed by atoms with E-state index in [0.717, 1.165) is 0 Å². The third-order valence-corrected chi connectivity index (χ3v) is 3.66. The molecule has 0 amide bonds. The smallest absolute Gasteiger partial charge is 0.193 e. The van der Waals surface area contributed by atoms with E-state index in [4.69, 9.17) is 9.47 Å². The highest BCUT2D eigenvalue weighted by Gasteiger charge is 2.43. The van der Waals surface area contributed by atoms with Gasteiger partial charge >= 0.3 is 0 Å². The Bertz CT molecular complexity index is 693. The molecule has 0 fully saturated rings. The Morgan fingerprint density at radius 2 is 1.76 bits per heavy atom. The number of methoxy groups -OCH3 is 2. The molecule has 1 aromatic carbocycles. The second-order valence-corrected chi connectivity index (χ2v) is 4.55. The quantitative estimate of drug-likeness (QED) is 0.796. The predicted octanol–water partition coefficient (Wildman–Crippen LogP) is 2.59. The molecular weight excluding hydrogens is 268 g/mol. The topological polar surface area (TPSA) is 83.1 Å². The van der Waals surface area contributed by atoms with E-state index in [-0.39, 0.29) is 5.78 Å². The molecule has 0 radical (unpaired) electrons. The van der Waals surface area contributed by atoms with Gasteiger partial charge in [0, 0.05) is 17.1 Å². The molecule has 0 aliphatic heterocycles. The summed E-state index contributed by atoms with van der Waals surface area (Å²) in [7, 11) is 2.97. The minimum absolute atomic E-state index is 0.219. The van der Waals surface area contributed by atoms with Gasteiger partial charge in [0.05, 0.1) is 31.9 Å². The van der Waals surface area contributed by atoms with E-state index in [1.807, 2.05) is 12.1 Å². The normalized spacial score (nSPS) is 18.3. The lowest BCUT2D eigenvalue weighted by Gasteiger charge is -2.16. The molecule has 0 N–H and O–H groups in total. The van der Waals surface area contributed by atoms with Crippen LogP contribution in [0.5, 0.6) is 11.5 Å². The first kappa shape index (κ1) is 14.6. The second kappa shape index (κ2) is 5.68. The summed E-state index contributed by atoms with van der Waals surface area (Å²) in [4.78, 5) is 12.6. The number of Topliss-reactive ketones (excluding diaryl/α,β-unsaturated/α-hetero) is 1. The van der Waals surface area contributed by atoms with Crippen molar-refractivity contribution in [1.82, 2.24) is 0 Å². The lowest BCUT2D eigenvalue weighted by Crippen LogP contribution is -2.10. The fourth-order valence-electron chi connectivity index (χ4n) is 2.75. The SMILES string of the molecule is C/C=C1/C(=O)c2c(OC)ccc(OC)c2C1C(C#N)C#N. The first-order valence-electron chi connectivity index (χ1n) is 6.39. The number of fused-ring (bicyclic) bond motifs is 1. The number of rotatable bonds is 3. The molecule has 0 spiro atoms.